The van der Waals surface area contributed by atoms with Crippen molar-refractivity contribution in [1.82, 2.24) is 9.97 Å². The topological polar surface area (TPSA) is 28.7 Å². The highest BCUT2D eigenvalue weighted by Gasteiger charge is 2.33. The predicted octanol–water partition coefficient (Wildman–Crippen LogP) is 3.48. The minimum Gasteiger partial charge on any atom is -0.345 e. The molecule has 0 saturated heterocycles. The van der Waals surface area contributed by atoms with Gasteiger partial charge in [0.2, 0.25) is 0 Å². The number of nitrogens with one attached hydrogen (secondary N) is 1. The normalized spacial score (nSPS) is 12.3. The minimum absolute atomic E-state index is 0.157. The molecule has 0 aliphatic rings. The SMILES string of the molecule is FC(F)(F)c1cc2[nH]cnc2cc1CBr. The third-order valence-electron chi connectivity index (χ3n) is 2.09. The van der Waals surface area contributed by atoms with E-state index in [1.807, 2.05) is 0 Å². The molecule has 0 saturated carbocycles. The van der Waals surface area contributed by atoms with E-state index in [9.17, 15) is 13.2 Å². The molecule has 2 aromatic rings. The van der Waals surface area contributed by atoms with Crippen molar-refractivity contribution < 1.29 is 13.2 Å². The summed E-state index contributed by atoms with van der Waals surface area (Å²) in [5, 5.41) is 0.157. The van der Waals surface area contributed by atoms with Gasteiger partial charge < -0.3 is 4.98 Å². The van der Waals surface area contributed by atoms with Crippen LogP contribution >= 0.6 is 15.9 Å². The van der Waals surface area contributed by atoms with Gasteiger partial charge in [-0.3, -0.25) is 0 Å². The highest BCUT2D eigenvalue weighted by Crippen LogP contribution is 2.34. The quantitative estimate of drug-likeness (QED) is 0.795. The van der Waals surface area contributed by atoms with Gasteiger partial charge in [0, 0.05) is 5.33 Å². The van der Waals surface area contributed by atoms with Gasteiger partial charge in [-0.2, -0.15) is 13.2 Å². The molecule has 0 aliphatic heterocycles. The summed E-state index contributed by atoms with van der Waals surface area (Å²) >= 11 is 3.04. The Balaban J connectivity index is 2.70. The molecule has 15 heavy (non-hydrogen) atoms. The number of fused-ring (bicyclic) bond motifs is 1. The molecule has 0 amide bonds. The van der Waals surface area contributed by atoms with E-state index in [0.29, 0.717) is 11.0 Å². The number of alkyl halides is 4. The van der Waals surface area contributed by atoms with Crippen molar-refractivity contribution in [2.45, 2.75) is 11.5 Å². The molecular weight excluding hydrogens is 273 g/mol. The number of nitrogens with zero attached hydrogens (tertiary/aromatic N) is 1. The molecule has 0 unspecified atom stereocenters. The third kappa shape index (κ3) is 1.86. The van der Waals surface area contributed by atoms with E-state index in [1.54, 1.807) is 0 Å². The summed E-state index contributed by atoms with van der Waals surface area (Å²) in [6.45, 7) is 0. The van der Waals surface area contributed by atoms with Gasteiger partial charge in [-0.05, 0) is 17.7 Å². The fourth-order valence-corrected chi connectivity index (χ4v) is 1.86. The summed E-state index contributed by atoms with van der Waals surface area (Å²) in [7, 11) is 0. The smallest absolute Gasteiger partial charge is 0.345 e. The molecule has 1 N–H and O–H groups in total. The Hall–Kier alpha value is -1.04. The van der Waals surface area contributed by atoms with Crippen LogP contribution < -0.4 is 0 Å². The first-order chi connectivity index (χ1) is 7.02. The maximum absolute atomic E-state index is 12.6. The van der Waals surface area contributed by atoms with E-state index < -0.39 is 11.7 Å². The summed E-state index contributed by atoms with van der Waals surface area (Å²) < 4.78 is 37.8. The van der Waals surface area contributed by atoms with Gasteiger partial charge in [0.1, 0.15) is 0 Å². The average molecular weight is 279 g/mol. The summed E-state index contributed by atoms with van der Waals surface area (Å²) in [5.74, 6) is 0. The summed E-state index contributed by atoms with van der Waals surface area (Å²) in [5.41, 5.74) is 0.503. The lowest BCUT2D eigenvalue weighted by Gasteiger charge is -2.10. The molecule has 1 aromatic carbocycles. The number of aromatic nitrogens is 2. The molecule has 80 valence electrons. The zero-order chi connectivity index (χ0) is 11.1. The Kier molecular flexibility index (Phi) is 2.46. The van der Waals surface area contributed by atoms with Crippen molar-refractivity contribution in [2.24, 2.45) is 0 Å². The van der Waals surface area contributed by atoms with Crippen LogP contribution in [0.1, 0.15) is 11.1 Å². The fraction of sp³-hybridized carbons (Fsp3) is 0.222. The van der Waals surface area contributed by atoms with Gasteiger partial charge in [0.15, 0.2) is 0 Å². The van der Waals surface area contributed by atoms with Crippen LogP contribution in [0.4, 0.5) is 13.2 Å². The Morgan fingerprint density at radius 2 is 2.07 bits per heavy atom. The van der Waals surface area contributed by atoms with Crippen LogP contribution in [0.5, 0.6) is 0 Å². The second-order valence-corrected chi connectivity index (χ2v) is 3.62. The number of aromatic amines is 1. The van der Waals surface area contributed by atoms with Crippen molar-refractivity contribution in [3.63, 3.8) is 0 Å². The Morgan fingerprint density at radius 3 is 2.67 bits per heavy atom. The van der Waals surface area contributed by atoms with Crippen molar-refractivity contribution in [3.05, 3.63) is 29.6 Å². The number of benzene rings is 1. The van der Waals surface area contributed by atoms with Gasteiger partial charge in [0.05, 0.1) is 22.9 Å². The molecule has 0 fully saturated rings. The van der Waals surface area contributed by atoms with Crippen LogP contribution in [-0.2, 0) is 11.5 Å². The molecule has 2 nitrogen and oxygen atoms in total. The summed E-state index contributed by atoms with van der Waals surface area (Å²) in [4.78, 5) is 6.56. The Morgan fingerprint density at radius 1 is 1.33 bits per heavy atom. The van der Waals surface area contributed by atoms with Gasteiger partial charge in [-0.15, -0.1) is 0 Å². The maximum Gasteiger partial charge on any atom is 0.416 e. The molecule has 2 rings (SSSR count). The number of rotatable bonds is 1. The minimum atomic E-state index is -4.33. The molecule has 0 atom stereocenters. The van der Waals surface area contributed by atoms with Gasteiger partial charge in [-0.1, -0.05) is 15.9 Å². The first-order valence-corrected chi connectivity index (χ1v) is 5.23. The van der Waals surface area contributed by atoms with Crippen LogP contribution in [0.15, 0.2) is 18.5 Å². The molecule has 0 bridgehead atoms. The lowest BCUT2D eigenvalue weighted by Crippen LogP contribution is -2.08. The highest BCUT2D eigenvalue weighted by atomic mass is 79.9. The Bertz CT molecular complexity index is 490. The molecule has 0 radical (unpaired) electrons. The van der Waals surface area contributed by atoms with E-state index in [0.717, 1.165) is 6.07 Å². The third-order valence-corrected chi connectivity index (χ3v) is 2.70. The van der Waals surface area contributed by atoms with Gasteiger partial charge in [0.25, 0.3) is 0 Å². The van der Waals surface area contributed by atoms with E-state index >= 15 is 0 Å². The monoisotopic (exact) mass is 278 g/mol. The molecule has 0 aliphatic carbocycles. The molecule has 1 heterocycles. The van der Waals surface area contributed by atoms with Crippen molar-refractivity contribution in [1.29, 1.82) is 0 Å². The zero-order valence-electron chi connectivity index (χ0n) is 7.40. The van der Waals surface area contributed by atoms with Crippen LogP contribution in [-0.4, -0.2) is 9.97 Å². The first-order valence-electron chi connectivity index (χ1n) is 4.11. The zero-order valence-corrected chi connectivity index (χ0v) is 8.98. The van der Waals surface area contributed by atoms with Crippen LogP contribution in [0.25, 0.3) is 11.0 Å². The van der Waals surface area contributed by atoms with E-state index in [1.165, 1.54) is 12.4 Å². The number of H-pyrrole nitrogens is 1. The maximum atomic E-state index is 12.6. The van der Waals surface area contributed by atoms with Crippen molar-refractivity contribution >= 4 is 27.0 Å². The van der Waals surface area contributed by atoms with Crippen LogP contribution in [0.3, 0.4) is 0 Å². The van der Waals surface area contributed by atoms with E-state index in [-0.39, 0.29) is 10.9 Å². The molecule has 6 heteroatoms. The number of halogens is 4. The lowest BCUT2D eigenvalue weighted by atomic mass is 10.1. The predicted molar refractivity (Wildman–Crippen MR) is 53.7 cm³/mol. The largest absolute Gasteiger partial charge is 0.416 e. The average Bonchev–Trinajstić information content (AvgIpc) is 2.60. The first kappa shape index (κ1) is 10.5. The molecule has 1 aromatic heterocycles. The fourth-order valence-electron chi connectivity index (χ4n) is 1.40. The van der Waals surface area contributed by atoms with Gasteiger partial charge in [-0.25, -0.2) is 4.98 Å². The summed E-state index contributed by atoms with van der Waals surface area (Å²) in [6.07, 6.45) is -2.95. The van der Waals surface area contributed by atoms with Crippen LogP contribution in [0.2, 0.25) is 0 Å². The van der Waals surface area contributed by atoms with Gasteiger partial charge >= 0.3 is 6.18 Å². The van der Waals surface area contributed by atoms with E-state index in [4.69, 9.17) is 0 Å². The summed E-state index contributed by atoms with van der Waals surface area (Å²) in [6, 6.07) is 2.52. The number of hydrogen-bond acceptors (Lipinski definition) is 1. The number of hydrogen-bond donors (Lipinski definition) is 1. The molecule has 0 spiro atoms. The van der Waals surface area contributed by atoms with Crippen LogP contribution in [0, 0.1) is 0 Å². The second-order valence-electron chi connectivity index (χ2n) is 3.06. The highest BCUT2D eigenvalue weighted by molar-refractivity contribution is 9.08. The standard InChI is InChI=1S/C9H6BrF3N2/c10-3-5-1-7-8(15-4-14-7)2-6(5)9(11,12)13/h1-2,4H,3H2,(H,14,15). The van der Waals surface area contributed by atoms with Crippen molar-refractivity contribution in [2.75, 3.05) is 0 Å². The van der Waals surface area contributed by atoms with Crippen molar-refractivity contribution in [3.8, 4) is 0 Å². The number of imidazole rings is 1. The second kappa shape index (κ2) is 3.52. The molecular formula is C9H6BrF3N2. The Labute approximate surface area is 91.6 Å². The lowest BCUT2D eigenvalue weighted by molar-refractivity contribution is -0.138. The van der Waals surface area contributed by atoms with E-state index in [2.05, 4.69) is 25.9 Å².